The highest BCUT2D eigenvalue weighted by Crippen LogP contribution is 2.29. The number of carbonyl (C=O) groups excluding carboxylic acids is 2. The van der Waals surface area contributed by atoms with Gasteiger partial charge in [-0.2, -0.15) is 0 Å². The second-order valence-electron chi connectivity index (χ2n) is 5.37. The molecule has 0 aromatic carbocycles. The van der Waals surface area contributed by atoms with Crippen LogP contribution in [0.5, 0.6) is 0 Å². The molecule has 0 radical (unpaired) electrons. The van der Waals surface area contributed by atoms with Gasteiger partial charge in [0.1, 0.15) is 6.04 Å². The first-order chi connectivity index (χ1) is 9.06. The van der Waals surface area contributed by atoms with Crippen LogP contribution in [-0.2, 0) is 4.79 Å². The number of carbonyl (C=O) groups is 2. The Morgan fingerprint density at radius 2 is 1.95 bits per heavy atom. The maximum absolute atomic E-state index is 11.8. The third-order valence-corrected chi connectivity index (χ3v) is 4.46. The van der Waals surface area contributed by atoms with Gasteiger partial charge in [-0.05, 0) is 37.5 Å². The lowest BCUT2D eigenvalue weighted by Gasteiger charge is -2.31. The molecule has 1 rings (SSSR count). The van der Waals surface area contributed by atoms with Crippen molar-refractivity contribution in [1.82, 2.24) is 16.0 Å². The molecule has 1 atom stereocenters. The van der Waals surface area contributed by atoms with Gasteiger partial charge in [0.2, 0.25) is 5.91 Å². The molecule has 0 aliphatic carbocycles. The van der Waals surface area contributed by atoms with Gasteiger partial charge < -0.3 is 16.0 Å². The Labute approximate surface area is 115 Å². The fraction of sp³-hybridized carbons (Fsp3) is 0.857. The van der Waals surface area contributed by atoms with E-state index in [0.29, 0.717) is 13.1 Å². The third-order valence-electron chi connectivity index (χ3n) is 4.46. The maximum Gasteiger partial charge on any atom is 0.315 e. The molecule has 0 aromatic rings. The van der Waals surface area contributed by atoms with Gasteiger partial charge in [-0.15, -0.1) is 0 Å². The summed E-state index contributed by atoms with van der Waals surface area (Å²) in [5, 5.41) is 8.43. The molecular formula is C14H27N3O2. The largest absolute Gasteiger partial charge is 0.354 e. The molecule has 0 saturated carbocycles. The summed E-state index contributed by atoms with van der Waals surface area (Å²) < 4.78 is 0. The monoisotopic (exact) mass is 269 g/mol. The van der Waals surface area contributed by atoms with Gasteiger partial charge in [-0.25, -0.2) is 4.79 Å². The lowest BCUT2D eigenvalue weighted by molar-refractivity contribution is -0.124. The number of hydrogen-bond donors (Lipinski definition) is 3. The second-order valence-corrected chi connectivity index (χ2v) is 5.37. The molecule has 0 spiro atoms. The average molecular weight is 269 g/mol. The maximum atomic E-state index is 11.8. The van der Waals surface area contributed by atoms with Crippen LogP contribution in [0, 0.1) is 5.41 Å². The van der Waals surface area contributed by atoms with E-state index in [-0.39, 0.29) is 23.4 Å². The summed E-state index contributed by atoms with van der Waals surface area (Å²) in [5.41, 5.74) is 0.173. The van der Waals surface area contributed by atoms with Gasteiger partial charge in [0.25, 0.3) is 0 Å². The molecule has 0 aromatic heterocycles. The van der Waals surface area contributed by atoms with E-state index in [2.05, 4.69) is 36.7 Å². The van der Waals surface area contributed by atoms with Gasteiger partial charge in [-0.1, -0.05) is 20.8 Å². The van der Waals surface area contributed by atoms with Crippen LogP contribution in [0.1, 0.15) is 52.9 Å². The first kappa shape index (κ1) is 15.8. The van der Waals surface area contributed by atoms with Crippen molar-refractivity contribution in [1.29, 1.82) is 0 Å². The predicted octanol–water partition coefficient (Wildman–Crippen LogP) is 1.78. The van der Waals surface area contributed by atoms with Gasteiger partial charge in [0.15, 0.2) is 0 Å². The highest BCUT2D eigenvalue weighted by atomic mass is 16.2. The Morgan fingerprint density at radius 3 is 2.47 bits per heavy atom. The smallest absolute Gasteiger partial charge is 0.315 e. The fourth-order valence-corrected chi connectivity index (χ4v) is 2.51. The van der Waals surface area contributed by atoms with Gasteiger partial charge in [0, 0.05) is 13.1 Å². The van der Waals surface area contributed by atoms with Crippen LogP contribution in [0.15, 0.2) is 0 Å². The molecule has 5 nitrogen and oxygen atoms in total. The van der Waals surface area contributed by atoms with Crippen LogP contribution in [0.3, 0.4) is 0 Å². The molecule has 19 heavy (non-hydrogen) atoms. The molecule has 1 saturated heterocycles. The quantitative estimate of drug-likeness (QED) is 0.688. The first-order valence-corrected chi connectivity index (χ1v) is 7.39. The van der Waals surface area contributed by atoms with E-state index >= 15 is 0 Å². The Kier molecular flexibility index (Phi) is 6.12. The van der Waals surface area contributed by atoms with Gasteiger partial charge >= 0.3 is 6.03 Å². The summed E-state index contributed by atoms with van der Waals surface area (Å²) >= 11 is 0. The molecule has 1 fully saturated rings. The van der Waals surface area contributed by atoms with Crippen molar-refractivity contribution < 1.29 is 9.59 Å². The van der Waals surface area contributed by atoms with Crippen molar-refractivity contribution in [3.8, 4) is 0 Å². The zero-order valence-corrected chi connectivity index (χ0v) is 12.3. The summed E-state index contributed by atoms with van der Waals surface area (Å²) in [6.45, 7) is 7.84. The third kappa shape index (κ3) is 4.40. The van der Waals surface area contributed by atoms with Crippen LogP contribution in [0.4, 0.5) is 4.79 Å². The van der Waals surface area contributed by atoms with Crippen molar-refractivity contribution >= 4 is 11.9 Å². The van der Waals surface area contributed by atoms with E-state index in [1.165, 1.54) is 0 Å². The van der Waals surface area contributed by atoms with E-state index in [0.717, 1.165) is 32.1 Å². The number of urea groups is 1. The number of nitrogens with one attached hydrogen (secondary N) is 3. The van der Waals surface area contributed by atoms with E-state index in [4.69, 9.17) is 0 Å². The molecule has 1 aliphatic rings. The van der Waals surface area contributed by atoms with E-state index < -0.39 is 0 Å². The lowest BCUT2D eigenvalue weighted by Crippen LogP contribution is -2.53. The Balaban J connectivity index is 2.40. The molecule has 0 bridgehead atoms. The molecule has 0 unspecified atom stereocenters. The van der Waals surface area contributed by atoms with Crippen LogP contribution in [-0.4, -0.2) is 31.1 Å². The summed E-state index contributed by atoms with van der Waals surface area (Å²) in [5.74, 6) is -0.0749. The van der Waals surface area contributed by atoms with Crippen molar-refractivity contribution in [2.24, 2.45) is 5.41 Å². The van der Waals surface area contributed by atoms with Crippen molar-refractivity contribution in [2.45, 2.75) is 58.9 Å². The standard InChI is InChI=1S/C14H27N3O2/c1-4-14(5-2,6-3)10-16-13(19)17-11-8-7-9-15-12(11)18/h11H,4-10H2,1-3H3,(H,15,18)(H2,16,17,19)/t11-/m0/s1. The molecule has 3 N–H and O–H groups in total. The van der Waals surface area contributed by atoms with Crippen molar-refractivity contribution in [3.63, 3.8) is 0 Å². The number of hydrogen-bond acceptors (Lipinski definition) is 2. The van der Waals surface area contributed by atoms with Crippen LogP contribution < -0.4 is 16.0 Å². The highest BCUT2D eigenvalue weighted by molar-refractivity contribution is 5.87. The number of amides is 3. The Morgan fingerprint density at radius 1 is 1.32 bits per heavy atom. The highest BCUT2D eigenvalue weighted by Gasteiger charge is 2.26. The zero-order chi connectivity index (χ0) is 14.3. The molecule has 5 heteroatoms. The normalized spacial score (nSPS) is 19.7. The van der Waals surface area contributed by atoms with Crippen LogP contribution in [0.2, 0.25) is 0 Å². The molecule has 1 aliphatic heterocycles. The minimum absolute atomic E-state index is 0.0749. The summed E-state index contributed by atoms with van der Waals surface area (Å²) in [4.78, 5) is 23.4. The summed E-state index contributed by atoms with van der Waals surface area (Å²) in [6.07, 6.45) is 4.78. The lowest BCUT2D eigenvalue weighted by atomic mass is 9.80. The minimum Gasteiger partial charge on any atom is -0.354 e. The average Bonchev–Trinajstić information content (AvgIpc) is 2.44. The van der Waals surface area contributed by atoms with Gasteiger partial charge in [-0.3, -0.25) is 4.79 Å². The molecular weight excluding hydrogens is 242 g/mol. The molecule has 1 heterocycles. The topological polar surface area (TPSA) is 70.2 Å². The van der Waals surface area contributed by atoms with Crippen molar-refractivity contribution in [3.05, 3.63) is 0 Å². The summed E-state index contributed by atoms with van der Waals surface area (Å²) in [7, 11) is 0. The molecule has 3 amide bonds. The number of rotatable bonds is 6. The number of piperidine rings is 1. The Hall–Kier alpha value is -1.26. The van der Waals surface area contributed by atoms with E-state index in [1.54, 1.807) is 0 Å². The second kappa shape index (κ2) is 7.36. The SMILES string of the molecule is CCC(CC)(CC)CNC(=O)N[C@H]1CCCNC1=O. The summed E-state index contributed by atoms with van der Waals surface area (Å²) in [6, 6.07) is -0.616. The molecule has 110 valence electrons. The van der Waals surface area contributed by atoms with Crippen LogP contribution >= 0.6 is 0 Å². The zero-order valence-electron chi connectivity index (χ0n) is 12.3. The minimum atomic E-state index is -0.381. The van der Waals surface area contributed by atoms with Crippen molar-refractivity contribution in [2.75, 3.05) is 13.1 Å². The fourth-order valence-electron chi connectivity index (χ4n) is 2.51. The predicted molar refractivity (Wildman–Crippen MR) is 75.9 cm³/mol. The van der Waals surface area contributed by atoms with E-state index in [9.17, 15) is 9.59 Å². The van der Waals surface area contributed by atoms with E-state index in [1.807, 2.05) is 0 Å². The van der Waals surface area contributed by atoms with Gasteiger partial charge in [0.05, 0.1) is 0 Å². The Bertz CT molecular complexity index is 306. The van der Waals surface area contributed by atoms with Crippen LogP contribution in [0.25, 0.3) is 0 Å². The first-order valence-electron chi connectivity index (χ1n) is 7.39.